The fraction of sp³-hybridized carbons (Fsp3) is 0.368. The zero-order chi connectivity index (χ0) is 15.4. The number of likely N-dealkylation sites (N-methyl/N-ethyl adjacent to an activating group) is 1. The number of nitrogens with zero attached hydrogens (tertiary/aromatic N) is 1. The molecule has 1 fully saturated rings. The summed E-state index contributed by atoms with van der Waals surface area (Å²) in [5.74, 6) is 0. The van der Waals surface area contributed by atoms with Crippen molar-refractivity contribution in [2.75, 3.05) is 20.1 Å². The Hall–Kier alpha value is -1.35. The van der Waals surface area contributed by atoms with Gasteiger partial charge < -0.3 is 10.2 Å². The van der Waals surface area contributed by atoms with E-state index in [9.17, 15) is 0 Å². The van der Waals surface area contributed by atoms with Gasteiger partial charge in [0.25, 0.3) is 0 Å². The van der Waals surface area contributed by atoms with Gasteiger partial charge in [-0.25, -0.2) is 0 Å². The van der Waals surface area contributed by atoms with Crippen LogP contribution in [0, 0.1) is 0 Å². The predicted molar refractivity (Wildman–Crippen MR) is 93.4 cm³/mol. The Bertz CT molecular complexity index is 582. The Labute approximate surface area is 138 Å². The lowest BCUT2D eigenvalue weighted by Crippen LogP contribution is -2.45. The summed E-state index contributed by atoms with van der Waals surface area (Å²) in [6.07, 6.45) is 2.50. The van der Waals surface area contributed by atoms with Crippen LogP contribution in [0.2, 0.25) is 5.02 Å². The van der Waals surface area contributed by atoms with Crippen LogP contribution in [0.1, 0.15) is 30.0 Å². The summed E-state index contributed by atoms with van der Waals surface area (Å²) >= 11 is 6.05. The first-order valence-electron chi connectivity index (χ1n) is 7.97. The number of piperidine rings is 1. The zero-order valence-corrected chi connectivity index (χ0v) is 13.8. The van der Waals surface area contributed by atoms with Gasteiger partial charge in [-0.3, -0.25) is 0 Å². The smallest absolute Gasteiger partial charge is 0.0579 e. The second-order valence-electron chi connectivity index (χ2n) is 6.16. The maximum atomic E-state index is 6.05. The molecule has 1 aliphatic rings. The van der Waals surface area contributed by atoms with E-state index in [0.29, 0.717) is 6.04 Å². The van der Waals surface area contributed by atoms with Gasteiger partial charge in [-0.2, -0.15) is 0 Å². The quantitative estimate of drug-likeness (QED) is 0.913. The Morgan fingerprint density at radius 2 is 1.73 bits per heavy atom. The summed E-state index contributed by atoms with van der Waals surface area (Å²) in [7, 11) is 2.20. The number of hydrogen-bond acceptors (Lipinski definition) is 2. The van der Waals surface area contributed by atoms with Crippen molar-refractivity contribution in [1.82, 2.24) is 10.2 Å². The highest BCUT2D eigenvalue weighted by Gasteiger charge is 2.22. The third kappa shape index (κ3) is 3.89. The second kappa shape index (κ2) is 7.28. The lowest BCUT2D eigenvalue weighted by Gasteiger charge is -2.33. The molecule has 0 aliphatic carbocycles. The van der Waals surface area contributed by atoms with Gasteiger partial charge in [0.1, 0.15) is 0 Å². The number of halogens is 1. The van der Waals surface area contributed by atoms with E-state index >= 15 is 0 Å². The number of likely N-dealkylation sites (tertiary alicyclic amines) is 1. The van der Waals surface area contributed by atoms with Crippen molar-refractivity contribution >= 4 is 11.6 Å². The van der Waals surface area contributed by atoms with Crippen LogP contribution in [-0.4, -0.2) is 31.1 Å². The van der Waals surface area contributed by atoms with Crippen LogP contribution in [0.15, 0.2) is 54.6 Å². The summed E-state index contributed by atoms with van der Waals surface area (Å²) in [6.45, 7) is 2.31. The van der Waals surface area contributed by atoms with E-state index in [1.807, 2.05) is 12.1 Å². The summed E-state index contributed by atoms with van der Waals surface area (Å²) in [6, 6.07) is 19.6. The highest BCUT2D eigenvalue weighted by atomic mass is 35.5. The Morgan fingerprint density at radius 1 is 1.05 bits per heavy atom. The largest absolute Gasteiger partial charge is 0.305 e. The van der Waals surface area contributed by atoms with Gasteiger partial charge in [-0.15, -0.1) is 0 Å². The van der Waals surface area contributed by atoms with Gasteiger partial charge in [0.05, 0.1) is 6.04 Å². The van der Waals surface area contributed by atoms with Crippen molar-refractivity contribution in [3.63, 3.8) is 0 Å². The average molecular weight is 315 g/mol. The van der Waals surface area contributed by atoms with Crippen molar-refractivity contribution in [3.05, 3.63) is 70.7 Å². The molecule has 0 unspecified atom stereocenters. The number of nitrogens with one attached hydrogen (secondary N) is 1. The van der Waals surface area contributed by atoms with Crippen LogP contribution in [0.25, 0.3) is 0 Å². The standard InChI is InChI=1S/C19H23ClN2/c1-22-13-5-8-18(14-22)21-19(15-6-3-2-4-7-15)16-9-11-17(20)12-10-16/h2-4,6-7,9-12,18-19,21H,5,8,13-14H2,1H3/t18-,19+/m0/s1. The molecule has 0 spiro atoms. The van der Waals surface area contributed by atoms with E-state index in [4.69, 9.17) is 11.6 Å². The van der Waals surface area contributed by atoms with E-state index in [2.05, 4.69) is 59.7 Å². The molecule has 0 amide bonds. The second-order valence-corrected chi connectivity index (χ2v) is 6.60. The van der Waals surface area contributed by atoms with Crippen molar-refractivity contribution in [2.24, 2.45) is 0 Å². The van der Waals surface area contributed by atoms with Crippen LogP contribution in [-0.2, 0) is 0 Å². The van der Waals surface area contributed by atoms with Gasteiger partial charge in [-0.1, -0.05) is 54.1 Å². The Balaban J connectivity index is 1.84. The minimum absolute atomic E-state index is 0.218. The molecule has 3 rings (SSSR count). The molecule has 2 atom stereocenters. The molecule has 1 aliphatic heterocycles. The van der Waals surface area contributed by atoms with E-state index in [0.717, 1.165) is 11.6 Å². The van der Waals surface area contributed by atoms with E-state index in [1.54, 1.807) is 0 Å². The van der Waals surface area contributed by atoms with Crippen LogP contribution >= 0.6 is 11.6 Å². The normalized spacial score (nSPS) is 20.7. The minimum Gasteiger partial charge on any atom is -0.305 e. The zero-order valence-electron chi connectivity index (χ0n) is 13.0. The van der Waals surface area contributed by atoms with Gasteiger partial charge >= 0.3 is 0 Å². The van der Waals surface area contributed by atoms with Crippen LogP contribution < -0.4 is 5.32 Å². The molecule has 1 saturated heterocycles. The molecule has 1 N–H and O–H groups in total. The lowest BCUT2D eigenvalue weighted by atomic mass is 9.96. The Morgan fingerprint density at radius 3 is 2.41 bits per heavy atom. The first-order chi connectivity index (χ1) is 10.7. The van der Waals surface area contributed by atoms with Crippen LogP contribution in [0.3, 0.4) is 0 Å². The van der Waals surface area contributed by atoms with E-state index in [-0.39, 0.29) is 6.04 Å². The molecule has 2 aromatic rings. The summed E-state index contributed by atoms with van der Waals surface area (Å²) in [4.78, 5) is 2.41. The molecule has 0 radical (unpaired) electrons. The maximum absolute atomic E-state index is 6.05. The molecule has 0 saturated carbocycles. The predicted octanol–water partition coefficient (Wildman–Crippen LogP) is 4.11. The van der Waals surface area contributed by atoms with Crippen molar-refractivity contribution in [2.45, 2.75) is 24.9 Å². The molecular formula is C19H23ClN2. The first-order valence-corrected chi connectivity index (χ1v) is 8.35. The van der Waals surface area contributed by atoms with Gasteiger partial charge in [0, 0.05) is 17.6 Å². The highest BCUT2D eigenvalue weighted by molar-refractivity contribution is 6.30. The van der Waals surface area contributed by atoms with E-state index < -0.39 is 0 Å². The van der Waals surface area contributed by atoms with Crippen molar-refractivity contribution in [1.29, 1.82) is 0 Å². The minimum atomic E-state index is 0.218. The third-order valence-corrected chi connectivity index (χ3v) is 4.62. The average Bonchev–Trinajstić information content (AvgIpc) is 2.55. The van der Waals surface area contributed by atoms with Crippen LogP contribution in [0.5, 0.6) is 0 Å². The molecule has 2 nitrogen and oxygen atoms in total. The molecule has 3 heteroatoms. The molecule has 22 heavy (non-hydrogen) atoms. The van der Waals surface area contributed by atoms with Gasteiger partial charge in [-0.05, 0) is 49.7 Å². The topological polar surface area (TPSA) is 15.3 Å². The molecular weight excluding hydrogens is 292 g/mol. The van der Waals surface area contributed by atoms with Gasteiger partial charge in [0.15, 0.2) is 0 Å². The maximum Gasteiger partial charge on any atom is 0.0579 e. The fourth-order valence-corrected chi connectivity index (χ4v) is 3.35. The van der Waals surface area contributed by atoms with Gasteiger partial charge in [0.2, 0.25) is 0 Å². The SMILES string of the molecule is CN1CCC[C@H](N[C@H](c2ccccc2)c2ccc(Cl)cc2)C1. The number of benzene rings is 2. The monoisotopic (exact) mass is 314 g/mol. The molecule has 1 heterocycles. The summed E-state index contributed by atoms with van der Waals surface area (Å²) in [5.41, 5.74) is 2.57. The Kier molecular flexibility index (Phi) is 5.14. The molecule has 2 aromatic carbocycles. The lowest BCUT2D eigenvalue weighted by molar-refractivity contribution is 0.221. The number of hydrogen-bond donors (Lipinski definition) is 1. The summed E-state index contributed by atoms with van der Waals surface area (Å²) in [5, 5.41) is 4.64. The first kappa shape index (κ1) is 15.5. The van der Waals surface area contributed by atoms with Crippen molar-refractivity contribution in [3.8, 4) is 0 Å². The number of rotatable bonds is 4. The van der Waals surface area contributed by atoms with E-state index in [1.165, 1.54) is 30.5 Å². The molecule has 0 aromatic heterocycles. The third-order valence-electron chi connectivity index (χ3n) is 4.36. The highest BCUT2D eigenvalue weighted by Crippen LogP contribution is 2.25. The fourth-order valence-electron chi connectivity index (χ4n) is 3.22. The molecule has 0 bridgehead atoms. The summed E-state index contributed by atoms with van der Waals surface area (Å²) < 4.78 is 0. The molecule has 116 valence electrons. The van der Waals surface area contributed by atoms with Crippen molar-refractivity contribution < 1.29 is 0 Å². The van der Waals surface area contributed by atoms with Crippen LogP contribution in [0.4, 0.5) is 0 Å².